The predicted octanol–water partition coefficient (Wildman–Crippen LogP) is 1.94. The highest BCUT2D eigenvalue weighted by atomic mass is 35.5. The molecule has 6 heteroatoms. The van der Waals surface area contributed by atoms with Crippen molar-refractivity contribution in [3.63, 3.8) is 0 Å². The number of nitrogens with one attached hydrogen (secondary N) is 2. The quantitative estimate of drug-likeness (QED) is 0.795. The highest BCUT2D eigenvalue weighted by Crippen LogP contribution is 2.14. The van der Waals surface area contributed by atoms with Crippen LogP contribution in [-0.4, -0.2) is 15.2 Å². The van der Waals surface area contributed by atoms with Crippen molar-refractivity contribution in [2.45, 2.75) is 6.54 Å². The van der Waals surface area contributed by atoms with E-state index in [1.807, 2.05) is 6.07 Å². The van der Waals surface area contributed by atoms with E-state index in [9.17, 15) is 0 Å². The third-order valence-electron chi connectivity index (χ3n) is 1.95. The molecule has 0 aliphatic carbocycles. The monoisotopic (exact) mass is 233 g/mol. The minimum atomic E-state index is 0.300. The molecule has 5 nitrogen and oxygen atoms in total. The number of aromatic nitrogens is 3. The molecule has 2 heterocycles. The maximum Gasteiger partial charge on any atom is 0.132 e. The second-order valence-electron chi connectivity index (χ2n) is 3.14. The lowest BCUT2D eigenvalue weighted by Gasteiger charge is -2.04. The summed E-state index contributed by atoms with van der Waals surface area (Å²) in [6, 6.07) is 5.18. The zero-order valence-electron chi connectivity index (χ0n) is 8.24. The molecule has 0 radical (unpaired) electrons. The van der Waals surface area contributed by atoms with E-state index < -0.39 is 0 Å². The Morgan fingerprint density at radius 3 is 3.06 bits per heavy atom. The molecule has 0 atom stereocenters. The van der Waals surface area contributed by atoms with Gasteiger partial charge in [0.2, 0.25) is 0 Å². The van der Waals surface area contributed by atoms with Crippen molar-refractivity contribution in [2.24, 2.45) is 0 Å². The summed E-state index contributed by atoms with van der Waals surface area (Å²) < 4.78 is 0. The molecule has 16 heavy (non-hydrogen) atoms. The maximum atomic E-state index is 8.76. The van der Waals surface area contributed by atoms with Crippen LogP contribution in [0.1, 0.15) is 11.1 Å². The third-order valence-corrected chi connectivity index (χ3v) is 2.15. The number of aromatic amines is 1. The highest BCUT2D eigenvalue weighted by molar-refractivity contribution is 6.29. The molecule has 0 saturated carbocycles. The Labute approximate surface area is 97.1 Å². The van der Waals surface area contributed by atoms with Gasteiger partial charge in [-0.3, -0.25) is 5.10 Å². The molecule has 0 saturated heterocycles. The predicted molar refractivity (Wildman–Crippen MR) is 59.9 cm³/mol. The van der Waals surface area contributed by atoms with Gasteiger partial charge in [-0.2, -0.15) is 10.4 Å². The molecule has 2 rings (SSSR count). The number of hydrogen-bond donors (Lipinski definition) is 2. The topological polar surface area (TPSA) is 77.4 Å². The van der Waals surface area contributed by atoms with Crippen LogP contribution in [0.25, 0.3) is 0 Å². The molecule has 0 aliphatic heterocycles. The average molecular weight is 234 g/mol. The van der Waals surface area contributed by atoms with Crippen molar-refractivity contribution in [1.82, 2.24) is 15.2 Å². The smallest absolute Gasteiger partial charge is 0.132 e. The van der Waals surface area contributed by atoms with E-state index in [1.165, 1.54) is 6.07 Å². The fourth-order valence-corrected chi connectivity index (χ4v) is 1.43. The van der Waals surface area contributed by atoms with Crippen molar-refractivity contribution in [3.8, 4) is 6.07 Å². The van der Waals surface area contributed by atoms with Crippen molar-refractivity contribution in [2.75, 3.05) is 5.32 Å². The Balaban J connectivity index is 2.10. The average Bonchev–Trinajstić information content (AvgIpc) is 2.78. The van der Waals surface area contributed by atoms with Gasteiger partial charge in [-0.15, -0.1) is 0 Å². The number of hydrogen-bond acceptors (Lipinski definition) is 4. The lowest BCUT2D eigenvalue weighted by atomic mass is 10.3. The largest absolute Gasteiger partial charge is 0.366 e. The summed E-state index contributed by atoms with van der Waals surface area (Å²) in [5.41, 5.74) is 1.48. The minimum absolute atomic E-state index is 0.300. The Hall–Kier alpha value is -2.06. The summed E-state index contributed by atoms with van der Waals surface area (Å²) >= 11 is 5.77. The summed E-state index contributed by atoms with van der Waals surface area (Å²) in [7, 11) is 0. The molecule has 80 valence electrons. The molecule has 0 aliphatic rings. The second kappa shape index (κ2) is 4.64. The molecule has 0 bridgehead atoms. The Bertz CT molecular complexity index is 515. The standard InChI is InChI=1S/C10H8ClN5/c11-9-1-7(3-12)2-10(16-9)13-4-8-5-14-15-6-8/h1-2,5-6H,4H2,(H,13,16)(H,14,15). The number of rotatable bonds is 3. The van der Waals surface area contributed by atoms with Crippen LogP contribution in [0.5, 0.6) is 0 Å². The van der Waals surface area contributed by atoms with E-state index in [0.29, 0.717) is 23.1 Å². The van der Waals surface area contributed by atoms with E-state index in [1.54, 1.807) is 18.5 Å². The summed E-state index contributed by atoms with van der Waals surface area (Å²) in [5.74, 6) is 0.574. The van der Waals surface area contributed by atoms with Gasteiger partial charge in [0.05, 0.1) is 17.8 Å². The number of nitrogens with zero attached hydrogens (tertiary/aromatic N) is 3. The van der Waals surface area contributed by atoms with Crippen LogP contribution in [0.3, 0.4) is 0 Å². The summed E-state index contributed by atoms with van der Waals surface area (Å²) in [5, 5.41) is 18.6. The molecule has 0 amide bonds. The first kappa shape index (κ1) is 10.5. The molecule has 2 aromatic rings. The normalized spacial score (nSPS) is 9.75. The zero-order chi connectivity index (χ0) is 11.4. The van der Waals surface area contributed by atoms with Gasteiger partial charge in [-0.25, -0.2) is 4.98 Å². The Morgan fingerprint density at radius 1 is 1.50 bits per heavy atom. The summed E-state index contributed by atoms with van der Waals surface area (Å²) in [6.07, 6.45) is 3.49. The number of H-pyrrole nitrogens is 1. The molecular formula is C10H8ClN5. The summed E-state index contributed by atoms with van der Waals surface area (Å²) in [6.45, 7) is 0.578. The van der Waals surface area contributed by atoms with Gasteiger partial charge in [0.1, 0.15) is 11.0 Å². The van der Waals surface area contributed by atoms with Crippen molar-refractivity contribution < 1.29 is 0 Å². The van der Waals surface area contributed by atoms with E-state index in [-0.39, 0.29) is 0 Å². The van der Waals surface area contributed by atoms with Crippen LogP contribution in [0.2, 0.25) is 5.15 Å². The van der Waals surface area contributed by atoms with Crippen molar-refractivity contribution in [3.05, 3.63) is 40.8 Å². The molecule has 0 spiro atoms. The molecule has 2 aromatic heterocycles. The van der Waals surface area contributed by atoms with E-state index in [4.69, 9.17) is 16.9 Å². The fourth-order valence-electron chi connectivity index (χ4n) is 1.22. The SMILES string of the molecule is N#Cc1cc(Cl)nc(NCc2cn[nH]c2)c1. The first-order valence-corrected chi connectivity index (χ1v) is 4.95. The van der Waals surface area contributed by atoms with Gasteiger partial charge < -0.3 is 5.32 Å². The number of nitriles is 1. The van der Waals surface area contributed by atoms with Gasteiger partial charge in [0.25, 0.3) is 0 Å². The first-order valence-electron chi connectivity index (χ1n) is 4.57. The lowest BCUT2D eigenvalue weighted by Crippen LogP contribution is -2.00. The number of anilines is 1. The van der Waals surface area contributed by atoms with Gasteiger partial charge in [-0.05, 0) is 12.1 Å². The second-order valence-corrected chi connectivity index (χ2v) is 3.52. The van der Waals surface area contributed by atoms with Crippen LogP contribution in [-0.2, 0) is 6.54 Å². The maximum absolute atomic E-state index is 8.76. The van der Waals surface area contributed by atoms with Crippen molar-refractivity contribution in [1.29, 1.82) is 5.26 Å². The van der Waals surface area contributed by atoms with Gasteiger partial charge >= 0.3 is 0 Å². The Kier molecular flexibility index (Phi) is 3.03. The molecular weight excluding hydrogens is 226 g/mol. The van der Waals surface area contributed by atoms with Crippen LogP contribution in [0.4, 0.5) is 5.82 Å². The molecule has 2 N–H and O–H groups in total. The van der Waals surface area contributed by atoms with E-state index >= 15 is 0 Å². The van der Waals surface area contributed by atoms with E-state index in [2.05, 4.69) is 20.5 Å². The molecule has 0 fully saturated rings. The van der Waals surface area contributed by atoms with Gasteiger partial charge in [-0.1, -0.05) is 11.6 Å². The molecule has 0 aromatic carbocycles. The number of pyridine rings is 1. The van der Waals surface area contributed by atoms with Gasteiger partial charge in [0, 0.05) is 18.3 Å². The first-order chi connectivity index (χ1) is 7.78. The van der Waals surface area contributed by atoms with Crippen LogP contribution >= 0.6 is 11.6 Å². The third kappa shape index (κ3) is 2.49. The zero-order valence-corrected chi connectivity index (χ0v) is 8.99. The number of halogens is 1. The van der Waals surface area contributed by atoms with Crippen LogP contribution < -0.4 is 5.32 Å². The van der Waals surface area contributed by atoms with Crippen molar-refractivity contribution >= 4 is 17.4 Å². The highest BCUT2D eigenvalue weighted by Gasteiger charge is 2.01. The minimum Gasteiger partial charge on any atom is -0.366 e. The van der Waals surface area contributed by atoms with Crippen LogP contribution in [0.15, 0.2) is 24.5 Å². The van der Waals surface area contributed by atoms with E-state index in [0.717, 1.165) is 5.56 Å². The summed E-state index contributed by atoms with van der Waals surface area (Å²) in [4.78, 5) is 4.05. The van der Waals surface area contributed by atoms with Crippen LogP contribution in [0, 0.1) is 11.3 Å². The Morgan fingerprint density at radius 2 is 2.38 bits per heavy atom. The van der Waals surface area contributed by atoms with Gasteiger partial charge in [0.15, 0.2) is 0 Å². The fraction of sp³-hybridized carbons (Fsp3) is 0.100. The lowest BCUT2D eigenvalue weighted by molar-refractivity contribution is 1.09. The molecule has 0 unspecified atom stereocenters.